The molecule has 1 aromatic heterocycles. The van der Waals surface area contributed by atoms with Gasteiger partial charge in [-0.05, 0) is 15.9 Å². The minimum Gasteiger partial charge on any atom is -0.375 e. The van der Waals surface area contributed by atoms with Gasteiger partial charge in [-0.2, -0.15) is 5.10 Å². The van der Waals surface area contributed by atoms with E-state index in [9.17, 15) is 0 Å². The fourth-order valence-electron chi connectivity index (χ4n) is 2.11. The van der Waals surface area contributed by atoms with Gasteiger partial charge >= 0.3 is 0 Å². The van der Waals surface area contributed by atoms with E-state index in [1.54, 1.807) is 18.0 Å². The quantitative estimate of drug-likeness (QED) is 0.768. The third-order valence-electron chi connectivity index (χ3n) is 2.85. The first-order chi connectivity index (χ1) is 7.28. The number of epoxide rings is 1. The molecule has 0 spiro atoms. The number of ether oxygens (including phenoxy) is 3. The number of hydrogen-bond donors (Lipinski definition) is 0. The summed E-state index contributed by atoms with van der Waals surface area (Å²) in [5.41, 5.74) is 0.736. The molecule has 15 heavy (non-hydrogen) atoms. The Bertz CT molecular complexity index is 395. The van der Waals surface area contributed by atoms with Crippen molar-refractivity contribution >= 4 is 15.9 Å². The number of halogens is 1. The lowest BCUT2D eigenvalue weighted by Gasteiger charge is -2.11. The normalized spacial score (nSPS) is 33.1. The summed E-state index contributed by atoms with van der Waals surface area (Å²) in [6.07, 6.45) is 1.95. The molecule has 2 atom stereocenters. The molecule has 2 fully saturated rings. The average molecular weight is 275 g/mol. The third-order valence-corrected chi connectivity index (χ3v) is 3.43. The summed E-state index contributed by atoms with van der Waals surface area (Å²) in [5.74, 6) is 0. The smallest absolute Gasteiger partial charge is 0.163 e. The van der Waals surface area contributed by atoms with Crippen molar-refractivity contribution in [2.45, 2.75) is 18.4 Å². The molecule has 0 aliphatic carbocycles. The van der Waals surface area contributed by atoms with E-state index in [1.165, 1.54) is 0 Å². The Labute approximate surface area is 95.4 Å². The van der Waals surface area contributed by atoms with E-state index in [4.69, 9.17) is 14.2 Å². The van der Waals surface area contributed by atoms with E-state index in [0.29, 0.717) is 19.9 Å². The van der Waals surface area contributed by atoms with Crippen molar-refractivity contribution in [3.63, 3.8) is 0 Å². The van der Waals surface area contributed by atoms with Crippen molar-refractivity contribution in [3.05, 3.63) is 16.4 Å². The standard InChI is InChI=1S/C9H11BrN2O3/c1-13-5-12-8(6(10)2-11-12)9-4-14-3-7(9)15-9/h2,7H,3-5H2,1H3/t7-,9-/m0/s1. The average Bonchev–Trinajstić information content (AvgIpc) is 2.58. The molecule has 0 bridgehead atoms. The monoisotopic (exact) mass is 274 g/mol. The van der Waals surface area contributed by atoms with Crippen LogP contribution in [0.4, 0.5) is 0 Å². The Hall–Kier alpha value is -0.430. The van der Waals surface area contributed by atoms with Gasteiger partial charge in [-0.25, -0.2) is 4.68 Å². The molecule has 5 nitrogen and oxygen atoms in total. The van der Waals surface area contributed by atoms with Gasteiger partial charge < -0.3 is 14.2 Å². The third kappa shape index (κ3) is 1.29. The van der Waals surface area contributed by atoms with Crippen molar-refractivity contribution in [1.82, 2.24) is 9.78 Å². The fourth-order valence-corrected chi connectivity index (χ4v) is 2.74. The van der Waals surface area contributed by atoms with Crippen LogP contribution in [0, 0.1) is 0 Å². The second-order valence-electron chi connectivity index (χ2n) is 3.77. The molecule has 0 aromatic carbocycles. The van der Waals surface area contributed by atoms with Gasteiger partial charge in [-0.15, -0.1) is 0 Å². The van der Waals surface area contributed by atoms with E-state index in [2.05, 4.69) is 21.0 Å². The van der Waals surface area contributed by atoms with Crippen molar-refractivity contribution in [2.24, 2.45) is 0 Å². The first-order valence-electron chi connectivity index (χ1n) is 4.74. The van der Waals surface area contributed by atoms with Gasteiger partial charge in [-0.3, -0.25) is 0 Å². The van der Waals surface area contributed by atoms with Crippen LogP contribution >= 0.6 is 15.9 Å². The first-order valence-corrected chi connectivity index (χ1v) is 5.53. The fraction of sp³-hybridized carbons (Fsp3) is 0.667. The minimum atomic E-state index is -0.284. The molecular formula is C9H11BrN2O3. The summed E-state index contributed by atoms with van der Waals surface area (Å²) in [5, 5.41) is 4.23. The maximum atomic E-state index is 5.68. The molecule has 0 unspecified atom stereocenters. The maximum Gasteiger partial charge on any atom is 0.163 e. The Balaban J connectivity index is 1.99. The number of fused-ring (bicyclic) bond motifs is 1. The summed E-state index contributed by atoms with van der Waals surface area (Å²) in [7, 11) is 1.65. The Morgan fingerprint density at radius 3 is 3.27 bits per heavy atom. The maximum absolute atomic E-state index is 5.68. The molecule has 0 saturated carbocycles. The zero-order valence-electron chi connectivity index (χ0n) is 8.27. The van der Waals surface area contributed by atoms with Gasteiger partial charge in [-0.1, -0.05) is 0 Å². The highest BCUT2D eigenvalue weighted by molar-refractivity contribution is 9.10. The SMILES string of the molecule is COCn1ncc(Br)c1[C@]12COC[C@@H]1O2. The van der Waals surface area contributed by atoms with E-state index in [1.807, 2.05) is 0 Å². The molecule has 2 aliphatic rings. The molecule has 3 rings (SSSR count). The van der Waals surface area contributed by atoms with Crippen molar-refractivity contribution in [2.75, 3.05) is 20.3 Å². The van der Waals surface area contributed by atoms with Gasteiger partial charge in [0.25, 0.3) is 0 Å². The zero-order valence-corrected chi connectivity index (χ0v) is 9.86. The number of methoxy groups -OCH3 is 1. The Morgan fingerprint density at radius 1 is 1.80 bits per heavy atom. The minimum absolute atomic E-state index is 0.182. The highest BCUT2D eigenvalue weighted by atomic mass is 79.9. The molecule has 6 heteroatoms. The van der Waals surface area contributed by atoms with Gasteiger partial charge in [0.05, 0.1) is 29.6 Å². The molecule has 0 amide bonds. The van der Waals surface area contributed by atoms with E-state index in [-0.39, 0.29) is 11.7 Å². The number of rotatable bonds is 3. The second kappa shape index (κ2) is 3.28. The summed E-state index contributed by atoms with van der Waals surface area (Å²) in [6.45, 7) is 1.70. The van der Waals surface area contributed by atoms with Crippen LogP contribution < -0.4 is 0 Å². The lowest BCUT2D eigenvalue weighted by atomic mass is 10.0. The molecule has 82 valence electrons. The Morgan fingerprint density at radius 2 is 2.67 bits per heavy atom. The van der Waals surface area contributed by atoms with Crippen molar-refractivity contribution in [3.8, 4) is 0 Å². The highest BCUT2D eigenvalue weighted by Crippen LogP contribution is 2.52. The number of nitrogens with zero attached hydrogens (tertiary/aromatic N) is 2. The van der Waals surface area contributed by atoms with Crippen molar-refractivity contribution < 1.29 is 14.2 Å². The van der Waals surface area contributed by atoms with E-state index >= 15 is 0 Å². The zero-order chi connectivity index (χ0) is 10.5. The summed E-state index contributed by atoms with van der Waals surface area (Å²) < 4.78 is 18.9. The molecule has 2 aliphatic heterocycles. The van der Waals surface area contributed by atoms with Crippen LogP contribution in [0.5, 0.6) is 0 Å². The number of aromatic nitrogens is 2. The Kier molecular flexibility index (Phi) is 2.14. The largest absolute Gasteiger partial charge is 0.375 e. The van der Waals surface area contributed by atoms with E-state index < -0.39 is 0 Å². The van der Waals surface area contributed by atoms with Crippen LogP contribution in [0.1, 0.15) is 5.69 Å². The predicted molar refractivity (Wildman–Crippen MR) is 54.3 cm³/mol. The van der Waals surface area contributed by atoms with Gasteiger partial charge in [0.1, 0.15) is 12.8 Å². The van der Waals surface area contributed by atoms with E-state index in [0.717, 1.165) is 10.2 Å². The predicted octanol–water partition coefficient (Wildman–Crippen LogP) is 0.874. The van der Waals surface area contributed by atoms with Gasteiger partial charge in [0.2, 0.25) is 0 Å². The van der Waals surface area contributed by atoms with Crippen LogP contribution in [-0.4, -0.2) is 36.2 Å². The lowest BCUT2D eigenvalue weighted by Crippen LogP contribution is -2.20. The van der Waals surface area contributed by atoms with Crippen LogP contribution in [0.25, 0.3) is 0 Å². The molecule has 0 radical (unpaired) electrons. The summed E-state index contributed by atoms with van der Waals surface area (Å²) in [4.78, 5) is 0. The molecular weight excluding hydrogens is 264 g/mol. The highest BCUT2D eigenvalue weighted by Gasteiger charge is 2.64. The van der Waals surface area contributed by atoms with Crippen LogP contribution in [0.3, 0.4) is 0 Å². The van der Waals surface area contributed by atoms with Crippen LogP contribution in [0.2, 0.25) is 0 Å². The number of hydrogen-bond acceptors (Lipinski definition) is 4. The second-order valence-corrected chi connectivity index (χ2v) is 4.62. The molecule has 2 saturated heterocycles. The van der Waals surface area contributed by atoms with Gasteiger partial charge in [0.15, 0.2) is 5.60 Å². The molecule has 0 N–H and O–H groups in total. The lowest BCUT2D eigenvalue weighted by molar-refractivity contribution is 0.0595. The molecule has 3 heterocycles. The first kappa shape index (κ1) is 9.77. The van der Waals surface area contributed by atoms with Gasteiger partial charge in [0, 0.05) is 7.11 Å². The van der Waals surface area contributed by atoms with Crippen molar-refractivity contribution in [1.29, 1.82) is 0 Å². The van der Waals surface area contributed by atoms with Crippen LogP contribution in [0.15, 0.2) is 10.7 Å². The van der Waals surface area contributed by atoms with Crippen LogP contribution in [-0.2, 0) is 26.5 Å². The molecule has 1 aromatic rings. The summed E-state index contributed by atoms with van der Waals surface area (Å²) >= 11 is 3.48. The summed E-state index contributed by atoms with van der Waals surface area (Å²) in [6, 6.07) is 0. The topological polar surface area (TPSA) is 48.8 Å².